The molecular weight excluding hydrogens is 577 g/mol. The van der Waals surface area contributed by atoms with Crippen molar-refractivity contribution in [1.29, 1.82) is 0 Å². The minimum atomic E-state index is -2.26. The molecule has 6 aromatic carbocycles. The number of para-hydroxylation sites is 1. The van der Waals surface area contributed by atoms with E-state index < -0.39 is 8.07 Å². The second kappa shape index (κ2) is 9.19. The van der Waals surface area contributed by atoms with Crippen LogP contribution >= 0.6 is 0 Å². The van der Waals surface area contributed by atoms with Gasteiger partial charge in [0.25, 0.3) is 0 Å². The zero-order valence-electron chi connectivity index (χ0n) is 25.5. The Labute approximate surface area is 267 Å². The number of hydrogen-bond acceptors (Lipinski definition) is 3. The third kappa shape index (κ3) is 3.46. The predicted octanol–water partition coefficient (Wildman–Crippen LogP) is 8.75. The summed E-state index contributed by atoms with van der Waals surface area (Å²) in [5.74, 6) is 1.97. The first-order valence-electron chi connectivity index (χ1n) is 15.8. The zero-order valence-corrected chi connectivity index (χ0v) is 26.5. The second-order valence-electron chi connectivity index (χ2n) is 12.9. The number of nitrogens with zero attached hydrogens (tertiary/aromatic N) is 4. The molecule has 0 radical (unpaired) electrons. The molecule has 0 unspecified atom stereocenters. The molecule has 5 heteroatoms. The van der Waals surface area contributed by atoms with Crippen LogP contribution in [0.25, 0.3) is 83.9 Å². The molecule has 4 heterocycles. The summed E-state index contributed by atoms with van der Waals surface area (Å²) >= 11 is 0. The maximum absolute atomic E-state index is 5.30. The van der Waals surface area contributed by atoms with E-state index in [1.807, 2.05) is 18.2 Å². The van der Waals surface area contributed by atoms with Crippen LogP contribution in [0.2, 0.25) is 13.1 Å². The van der Waals surface area contributed by atoms with Gasteiger partial charge in [0.1, 0.15) is 8.07 Å². The molecule has 0 spiro atoms. The van der Waals surface area contributed by atoms with Crippen LogP contribution in [0.1, 0.15) is 0 Å². The first-order valence-corrected chi connectivity index (χ1v) is 18.8. The van der Waals surface area contributed by atoms with Gasteiger partial charge in [-0.1, -0.05) is 128 Å². The minimum absolute atomic E-state index is 0.644. The topological polar surface area (TPSA) is 43.6 Å². The van der Waals surface area contributed by atoms with Gasteiger partial charge in [0, 0.05) is 21.9 Å². The van der Waals surface area contributed by atoms with Crippen LogP contribution in [0, 0.1) is 0 Å². The Morgan fingerprint density at radius 1 is 0.457 bits per heavy atom. The van der Waals surface area contributed by atoms with Gasteiger partial charge in [0.2, 0.25) is 5.95 Å². The molecule has 8 aromatic rings. The summed E-state index contributed by atoms with van der Waals surface area (Å²) in [5.41, 5.74) is 11.8. The Balaban J connectivity index is 1.43. The molecule has 46 heavy (non-hydrogen) atoms. The molecule has 2 aromatic heterocycles. The van der Waals surface area contributed by atoms with E-state index in [1.165, 1.54) is 54.5 Å². The van der Waals surface area contributed by atoms with Gasteiger partial charge < -0.3 is 0 Å². The average molecular weight is 605 g/mol. The van der Waals surface area contributed by atoms with Gasteiger partial charge in [-0.05, 0) is 62.0 Å². The molecule has 8 bridgehead atoms. The predicted molar refractivity (Wildman–Crippen MR) is 192 cm³/mol. The van der Waals surface area contributed by atoms with Crippen LogP contribution < -0.4 is 10.4 Å². The van der Waals surface area contributed by atoms with E-state index in [4.69, 9.17) is 15.0 Å². The molecule has 2 aliphatic rings. The Bertz CT molecular complexity index is 2560. The molecule has 0 N–H and O–H groups in total. The van der Waals surface area contributed by atoms with Crippen LogP contribution in [-0.4, -0.2) is 27.6 Å². The highest BCUT2D eigenvalue weighted by Crippen LogP contribution is 2.40. The zero-order chi connectivity index (χ0) is 30.6. The summed E-state index contributed by atoms with van der Waals surface area (Å²) in [6, 6.07) is 48.1. The molecule has 0 amide bonds. The van der Waals surface area contributed by atoms with Gasteiger partial charge in [0.05, 0.1) is 11.0 Å². The van der Waals surface area contributed by atoms with E-state index in [0.29, 0.717) is 17.6 Å². The van der Waals surface area contributed by atoms with Gasteiger partial charge in [-0.15, -0.1) is 0 Å². The van der Waals surface area contributed by atoms with Crippen molar-refractivity contribution in [3.8, 4) is 62.1 Å². The van der Waals surface area contributed by atoms with Gasteiger partial charge in [-0.25, -0.2) is 4.98 Å². The number of rotatable bonds is 1. The number of aromatic nitrogens is 4. The van der Waals surface area contributed by atoms with E-state index in [0.717, 1.165) is 22.2 Å². The van der Waals surface area contributed by atoms with Crippen molar-refractivity contribution in [1.82, 2.24) is 19.5 Å². The third-order valence-corrected chi connectivity index (χ3v) is 13.5. The van der Waals surface area contributed by atoms with Crippen molar-refractivity contribution in [2.45, 2.75) is 13.1 Å². The van der Waals surface area contributed by atoms with E-state index in [2.05, 4.69) is 133 Å². The fourth-order valence-electron chi connectivity index (χ4n) is 7.95. The average Bonchev–Trinajstić information content (AvgIpc) is 3.57. The van der Waals surface area contributed by atoms with Gasteiger partial charge in [-0.2, -0.15) is 9.97 Å². The Hall–Kier alpha value is -5.65. The molecule has 0 fully saturated rings. The van der Waals surface area contributed by atoms with Gasteiger partial charge in [0.15, 0.2) is 11.6 Å². The minimum Gasteiger partial charge on any atom is -0.278 e. The van der Waals surface area contributed by atoms with Crippen LogP contribution in [0.15, 0.2) is 133 Å². The molecule has 0 atom stereocenters. The lowest BCUT2D eigenvalue weighted by molar-refractivity contribution is 0.954. The Kier molecular flexibility index (Phi) is 5.12. The number of fused-ring (bicyclic) bond motifs is 14. The highest BCUT2D eigenvalue weighted by Gasteiger charge is 2.42. The van der Waals surface area contributed by atoms with Crippen molar-refractivity contribution in [2.75, 3.05) is 0 Å². The monoisotopic (exact) mass is 604 g/mol. The first kappa shape index (κ1) is 25.7. The second-order valence-corrected chi connectivity index (χ2v) is 17.2. The largest absolute Gasteiger partial charge is 0.278 e. The Morgan fingerprint density at radius 3 is 1.89 bits per heavy atom. The first-order chi connectivity index (χ1) is 22.6. The third-order valence-electron chi connectivity index (χ3n) is 9.92. The lowest BCUT2D eigenvalue weighted by Crippen LogP contribution is -2.50. The summed E-state index contributed by atoms with van der Waals surface area (Å²) in [7, 11) is -2.26. The SMILES string of the molecule is C[Si]1(C)c2c3cccc2-c2ccc4c5ccccc5n(c4c21)-c1nc(-c2ccccc2)nc(n1)-c1cccc(c1)-c1cccc-3c1. The lowest BCUT2D eigenvalue weighted by atomic mass is 9.95. The fourth-order valence-corrected chi connectivity index (χ4v) is 11.7. The van der Waals surface area contributed by atoms with Crippen molar-refractivity contribution >= 4 is 40.3 Å². The number of hydrogen-bond donors (Lipinski definition) is 0. The normalized spacial score (nSPS) is 13.6. The molecule has 4 nitrogen and oxygen atoms in total. The standard InChI is InChI=1S/C41H28N4Si/c1-46(2)37-30-18-10-19-33(37)34-22-21-32-31-17-6-7-20-35(31)45(36(32)38(34)46)41-43-39(25-11-4-3-5-12-25)42-40(44-41)29-16-9-14-27(24-29)26-13-8-15-28(30)23-26/h3-24H,1-2H3. The molecular formula is C41H28N4Si. The highest BCUT2D eigenvalue weighted by molar-refractivity contribution is 7.05. The van der Waals surface area contributed by atoms with E-state index in [1.54, 1.807) is 0 Å². The van der Waals surface area contributed by atoms with Crippen molar-refractivity contribution in [2.24, 2.45) is 0 Å². The maximum Gasteiger partial charge on any atom is 0.238 e. The number of benzene rings is 6. The summed E-state index contributed by atoms with van der Waals surface area (Å²) in [4.78, 5) is 15.6. The fraction of sp³-hybridized carbons (Fsp3) is 0.0488. The molecule has 10 rings (SSSR count). The quantitative estimate of drug-likeness (QED) is 0.176. The van der Waals surface area contributed by atoms with Gasteiger partial charge in [-0.3, -0.25) is 4.57 Å². The molecule has 0 saturated carbocycles. The van der Waals surface area contributed by atoms with Crippen molar-refractivity contribution in [3.63, 3.8) is 0 Å². The highest BCUT2D eigenvalue weighted by atomic mass is 28.3. The smallest absolute Gasteiger partial charge is 0.238 e. The lowest BCUT2D eigenvalue weighted by Gasteiger charge is -2.24. The van der Waals surface area contributed by atoms with E-state index in [-0.39, 0.29) is 0 Å². The van der Waals surface area contributed by atoms with Crippen molar-refractivity contribution < 1.29 is 0 Å². The molecule has 0 aliphatic carbocycles. The summed E-state index contributed by atoms with van der Waals surface area (Å²) < 4.78 is 2.32. The van der Waals surface area contributed by atoms with E-state index in [9.17, 15) is 0 Å². The van der Waals surface area contributed by atoms with Crippen molar-refractivity contribution in [3.05, 3.63) is 133 Å². The summed E-state index contributed by atoms with van der Waals surface area (Å²) in [6.07, 6.45) is 0. The summed E-state index contributed by atoms with van der Waals surface area (Å²) in [6.45, 7) is 5.03. The molecule has 216 valence electrons. The Morgan fingerprint density at radius 2 is 1.07 bits per heavy atom. The molecule has 2 aliphatic heterocycles. The maximum atomic E-state index is 5.30. The van der Waals surface area contributed by atoms with Gasteiger partial charge >= 0.3 is 0 Å². The van der Waals surface area contributed by atoms with Crippen LogP contribution in [-0.2, 0) is 0 Å². The molecule has 0 saturated heterocycles. The van der Waals surface area contributed by atoms with Crippen LogP contribution in [0.5, 0.6) is 0 Å². The summed E-state index contributed by atoms with van der Waals surface area (Å²) in [5, 5.41) is 5.39. The van der Waals surface area contributed by atoms with E-state index >= 15 is 0 Å². The van der Waals surface area contributed by atoms with Crippen LogP contribution in [0.3, 0.4) is 0 Å². The van der Waals surface area contributed by atoms with Crippen LogP contribution in [0.4, 0.5) is 0 Å².